The summed E-state index contributed by atoms with van der Waals surface area (Å²) in [5.41, 5.74) is 1.33. The van der Waals surface area contributed by atoms with Crippen molar-refractivity contribution in [2.24, 2.45) is 0 Å². The molecule has 4 heteroatoms. The third-order valence-corrected chi connectivity index (χ3v) is 3.37. The van der Waals surface area contributed by atoms with E-state index in [9.17, 15) is 0 Å². The van der Waals surface area contributed by atoms with Gasteiger partial charge in [-0.25, -0.2) is 0 Å². The lowest BCUT2D eigenvalue weighted by Gasteiger charge is -2.09. The average Bonchev–Trinajstić information content (AvgIpc) is 2.25. The van der Waals surface area contributed by atoms with Gasteiger partial charge in [0.2, 0.25) is 0 Å². The van der Waals surface area contributed by atoms with E-state index >= 15 is 0 Å². The van der Waals surface area contributed by atoms with Crippen LogP contribution >= 0.6 is 27.7 Å². The molecule has 0 bridgehead atoms. The summed E-state index contributed by atoms with van der Waals surface area (Å²) in [6.07, 6.45) is 2.10. The number of methoxy groups -OCH3 is 1. The molecule has 1 aromatic rings. The molecule has 0 aliphatic carbocycles. The van der Waals surface area contributed by atoms with Crippen molar-refractivity contribution in [1.29, 1.82) is 0 Å². The maximum Gasteiger partial charge on any atom is 0.0587 e. The van der Waals surface area contributed by atoms with Gasteiger partial charge in [0.15, 0.2) is 0 Å². The minimum atomic E-state index is 0.753. The van der Waals surface area contributed by atoms with Crippen molar-refractivity contribution >= 4 is 27.7 Å². The maximum atomic E-state index is 4.98. The first-order chi connectivity index (χ1) is 7.27. The van der Waals surface area contributed by atoms with Gasteiger partial charge in [0.05, 0.1) is 6.61 Å². The van der Waals surface area contributed by atoms with Crippen LogP contribution in [-0.4, -0.2) is 26.5 Å². The van der Waals surface area contributed by atoms with Crippen LogP contribution in [0.1, 0.15) is 5.56 Å². The first kappa shape index (κ1) is 13.0. The van der Waals surface area contributed by atoms with Crippen molar-refractivity contribution < 1.29 is 4.74 Å². The summed E-state index contributed by atoms with van der Waals surface area (Å²) >= 11 is 5.26. The molecule has 1 aromatic carbocycles. The lowest BCUT2D eigenvalue weighted by molar-refractivity contribution is 0.199. The number of hydrogen-bond acceptors (Lipinski definition) is 3. The van der Waals surface area contributed by atoms with E-state index in [1.807, 2.05) is 0 Å². The highest BCUT2D eigenvalue weighted by Crippen LogP contribution is 2.23. The molecular weight excluding hydrogens is 274 g/mol. The molecule has 0 spiro atoms. The van der Waals surface area contributed by atoms with Crippen LogP contribution in [0.5, 0.6) is 0 Å². The molecular formula is C11H16BrNOS. The van der Waals surface area contributed by atoms with E-state index in [4.69, 9.17) is 4.74 Å². The third-order valence-electron chi connectivity index (χ3n) is 2.04. The van der Waals surface area contributed by atoms with Crippen molar-refractivity contribution in [2.45, 2.75) is 11.4 Å². The van der Waals surface area contributed by atoms with Gasteiger partial charge < -0.3 is 10.1 Å². The normalized spacial score (nSPS) is 10.6. The van der Waals surface area contributed by atoms with Gasteiger partial charge in [0, 0.05) is 29.6 Å². The molecule has 0 atom stereocenters. The lowest BCUT2D eigenvalue weighted by Crippen LogP contribution is -2.18. The Labute approximate surface area is 104 Å². The highest BCUT2D eigenvalue weighted by molar-refractivity contribution is 9.10. The fourth-order valence-electron chi connectivity index (χ4n) is 1.28. The highest BCUT2D eigenvalue weighted by Gasteiger charge is 2.01. The van der Waals surface area contributed by atoms with Gasteiger partial charge in [-0.1, -0.05) is 15.9 Å². The molecule has 0 aliphatic heterocycles. The largest absolute Gasteiger partial charge is 0.383 e. The van der Waals surface area contributed by atoms with Crippen LogP contribution in [0.4, 0.5) is 0 Å². The van der Waals surface area contributed by atoms with Crippen molar-refractivity contribution in [3.05, 3.63) is 28.2 Å². The van der Waals surface area contributed by atoms with Crippen LogP contribution in [0, 0.1) is 0 Å². The van der Waals surface area contributed by atoms with Crippen LogP contribution in [0.25, 0.3) is 0 Å². The monoisotopic (exact) mass is 289 g/mol. The second-order valence-corrected chi connectivity index (χ2v) is 4.89. The van der Waals surface area contributed by atoms with E-state index in [1.165, 1.54) is 10.5 Å². The number of rotatable bonds is 6. The molecule has 1 rings (SSSR count). The summed E-state index contributed by atoms with van der Waals surface area (Å²) in [7, 11) is 1.72. The van der Waals surface area contributed by atoms with Crippen molar-refractivity contribution in [3.63, 3.8) is 0 Å². The molecule has 1 N–H and O–H groups in total. The Morgan fingerprint density at radius 1 is 1.47 bits per heavy atom. The van der Waals surface area contributed by atoms with Gasteiger partial charge in [-0.15, -0.1) is 11.8 Å². The van der Waals surface area contributed by atoms with E-state index in [2.05, 4.69) is 45.7 Å². The Balaban J connectivity index is 2.54. The molecule has 0 saturated heterocycles. The van der Waals surface area contributed by atoms with E-state index in [0.29, 0.717) is 0 Å². The number of nitrogens with one attached hydrogen (secondary N) is 1. The molecule has 0 unspecified atom stereocenters. The summed E-state index contributed by atoms with van der Waals surface area (Å²) in [6.45, 7) is 2.53. The number of halogens is 1. The van der Waals surface area contributed by atoms with E-state index in [0.717, 1.165) is 24.2 Å². The molecule has 0 aromatic heterocycles. The van der Waals surface area contributed by atoms with Gasteiger partial charge in [-0.2, -0.15) is 0 Å². The maximum absolute atomic E-state index is 4.98. The topological polar surface area (TPSA) is 21.3 Å². The van der Waals surface area contributed by atoms with Crippen molar-refractivity contribution in [1.82, 2.24) is 5.32 Å². The molecule has 0 amide bonds. The predicted molar refractivity (Wildman–Crippen MR) is 69.5 cm³/mol. The summed E-state index contributed by atoms with van der Waals surface area (Å²) in [5.74, 6) is 0. The molecule has 0 aliphatic rings. The quantitative estimate of drug-likeness (QED) is 0.643. The lowest BCUT2D eigenvalue weighted by atomic mass is 10.2. The Bertz CT molecular complexity index is 307. The van der Waals surface area contributed by atoms with Gasteiger partial charge >= 0.3 is 0 Å². The number of hydrogen-bond donors (Lipinski definition) is 1. The first-order valence-electron chi connectivity index (χ1n) is 4.80. The minimum Gasteiger partial charge on any atom is -0.383 e. The average molecular weight is 290 g/mol. The van der Waals surface area contributed by atoms with Crippen molar-refractivity contribution in [3.8, 4) is 0 Å². The van der Waals surface area contributed by atoms with Crippen molar-refractivity contribution in [2.75, 3.05) is 26.5 Å². The number of ether oxygens (including phenoxy) is 1. The fraction of sp³-hybridized carbons (Fsp3) is 0.455. The molecule has 15 heavy (non-hydrogen) atoms. The molecule has 0 heterocycles. The third kappa shape index (κ3) is 4.55. The molecule has 2 nitrogen and oxygen atoms in total. The summed E-state index contributed by atoms with van der Waals surface area (Å²) in [5, 5.41) is 3.35. The molecule has 0 saturated carbocycles. The SMILES string of the molecule is COCCNCc1cc(Br)ccc1SC. The van der Waals surface area contributed by atoms with Crippen LogP contribution in [0.15, 0.2) is 27.6 Å². The fourth-order valence-corrected chi connectivity index (χ4v) is 2.29. The number of benzene rings is 1. The van der Waals surface area contributed by atoms with Gasteiger partial charge in [0.25, 0.3) is 0 Å². The summed E-state index contributed by atoms with van der Waals surface area (Å²) in [4.78, 5) is 1.32. The highest BCUT2D eigenvalue weighted by atomic mass is 79.9. The van der Waals surface area contributed by atoms with Gasteiger partial charge in [0.1, 0.15) is 0 Å². The Morgan fingerprint density at radius 3 is 2.93 bits per heavy atom. The summed E-state index contributed by atoms with van der Waals surface area (Å²) < 4.78 is 6.11. The zero-order chi connectivity index (χ0) is 11.1. The van der Waals surface area contributed by atoms with Crippen LogP contribution in [0.2, 0.25) is 0 Å². The Hall–Kier alpha value is -0.0300. The van der Waals surface area contributed by atoms with E-state index < -0.39 is 0 Å². The van der Waals surface area contributed by atoms with E-state index in [-0.39, 0.29) is 0 Å². The van der Waals surface area contributed by atoms with Crippen LogP contribution < -0.4 is 5.32 Å². The first-order valence-corrected chi connectivity index (χ1v) is 6.81. The smallest absolute Gasteiger partial charge is 0.0587 e. The van der Waals surface area contributed by atoms with Gasteiger partial charge in [-0.05, 0) is 30.0 Å². The zero-order valence-corrected chi connectivity index (χ0v) is 11.5. The Morgan fingerprint density at radius 2 is 2.27 bits per heavy atom. The number of thioether (sulfide) groups is 1. The van der Waals surface area contributed by atoms with Gasteiger partial charge in [-0.3, -0.25) is 0 Å². The zero-order valence-electron chi connectivity index (χ0n) is 9.05. The molecule has 0 fully saturated rings. The second kappa shape index (κ2) is 7.28. The van der Waals surface area contributed by atoms with E-state index in [1.54, 1.807) is 18.9 Å². The predicted octanol–water partition coefficient (Wildman–Crippen LogP) is 2.91. The minimum absolute atomic E-state index is 0.753. The van der Waals surface area contributed by atoms with Crippen LogP contribution in [-0.2, 0) is 11.3 Å². The Kier molecular flexibility index (Phi) is 6.32. The second-order valence-electron chi connectivity index (χ2n) is 3.13. The summed E-state index contributed by atoms with van der Waals surface area (Å²) in [6, 6.07) is 6.37. The molecule has 84 valence electrons. The van der Waals surface area contributed by atoms with Crippen LogP contribution in [0.3, 0.4) is 0 Å². The molecule has 0 radical (unpaired) electrons. The standard InChI is InChI=1S/C11H16BrNOS/c1-14-6-5-13-8-9-7-10(12)3-4-11(9)15-2/h3-4,7,13H,5-6,8H2,1-2H3.